The van der Waals surface area contributed by atoms with E-state index in [1.54, 1.807) is 18.2 Å². The average molecular weight is 249 g/mol. The number of aliphatic carboxylic acids is 1. The number of ether oxygens (including phenoxy) is 1. The van der Waals surface area contributed by atoms with Crippen LogP contribution in [-0.2, 0) is 16.0 Å². The first-order chi connectivity index (χ1) is 7.04. The van der Waals surface area contributed by atoms with Crippen molar-refractivity contribution in [3.8, 4) is 0 Å². The van der Waals surface area contributed by atoms with Crippen molar-refractivity contribution in [1.29, 1.82) is 0 Å². The summed E-state index contributed by atoms with van der Waals surface area (Å²) in [6.07, 6.45) is -0.592. The van der Waals surface area contributed by atoms with E-state index in [1.807, 2.05) is 0 Å². The molecule has 1 aromatic carbocycles. The van der Waals surface area contributed by atoms with E-state index in [4.69, 9.17) is 33.0 Å². The van der Waals surface area contributed by atoms with Crippen LogP contribution in [-0.4, -0.2) is 24.3 Å². The second-order valence-corrected chi connectivity index (χ2v) is 3.83. The summed E-state index contributed by atoms with van der Waals surface area (Å²) < 4.78 is 4.81. The Balaban J connectivity index is 2.80. The van der Waals surface area contributed by atoms with Gasteiger partial charge in [0.15, 0.2) is 6.10 Å². The van der Waals surface area contributed by atoms with Gasteiger partial charge in [0, 0.05) is 13.5 Å². The molecule has 0 unspecified atom stereocenters. The van der Waals surface area contributed by atoms with E-state index in [0.29, 0.717) is 10.0 Å². The number of carbonyl (C=O) groups is 1. The molecule has 0 saturated carbocycles. The van der Waals surface area contributed by atoms with Crippen LogP contribution in [0.25, 0.3) is 0 Å². The first-order valence-corrected chi connectivity index (χ1v) is 4.99. The first-order valence-electron chi connectivity index (χ1n) is 4.24. The summed E-state index contributed by atoms with van der Waals surface area (Å²) in [7, 11) is 1.36. The third-order valence-corrected chi connectivity index (χ3v) is 2.70. The molecule has 0 radical (unpaired) electrons. The number of methoxy groups -OCH3 is 1. The Morgan fingerprint density at radius 1 is 1.47 bits per heavy atom. The van der Waals surface area contributed by atoms with Gasteiger partial charge in [0.2, 0.25) is 0 Å². The molecule has 0 spiro atoms. The van der Waals surface area contributed by atoms with Crippen molar-refractivity contribution in [2.45, 2.75) is 12.5 Å². The Hall–Kier alpha value is -0.770. The lowest BCUT2D eigenvalue weighted by Crippen LogP contribution is -2.24. The van der Waals surface area contributed by atoms with Crippen LogP contribution in [0.4, 0.5) is 0 Å². The summed E-state index contributed by atoms with van der Waals surface area (Å²) in [5.41, 5.74) is 0.777. The molecule has 3 nitrogen and oxygen atoms in total. The van der Waals surface area contributed by atoms with Gasteiger partial charge >= 0.3 is 5.97 Å². The topological polar surface area (TPSA) is 46.5 Å². The van der Waals surface area contributed by atoms with Crippen molar-refractivity contribution in [1.82, 2.24) is 0 Å². The fourth-order valence-corrected chi connectivity index (χ4v) is 1.47. The molecule has 1 rings (SSSR count). The number of benzene rings is 1. The number of carboxylic acid groups (broad SMARTS) is 1. The van der Waals surface area contributed by atoms with Crippen LogP contribution in [0.5, 0.6) is 0 Å². The van der Waals surface area contributed by atoms with Crippen LogP contribution in [0.15, 0.2) is 18.2 Å². The van der Waals surface area contributed by atoms with Gasteiger partial charge in [0.1, 0.15) is 0 Å². The van der Waals surface area contributed by atoms with E-state index < -0.39 is 12.1 Å². The van der Waals surface area contributed by atoms with E-state index in [9.17, 15) is 4.79 Å². The monoisotopic (exact) mass is 248 g/mol. The standard InChI is InChI=1S/C10H10Cl2O3/c1-15-9(10(13)14)5-6-2-3-7(11)8(12)4-6/h2-4,9H,5H2,1H3,(H,13,14)/t9-/m0/s1. The third kappa shape index (κ3) is 3.38. The van der Waals surface area contributed by atoms with E-state index in [-0.39, 0.29) is 6.42 Å². The minimum absolute atomic E-state index is 0.267. The molecular formula is C10H10Cl2O3. The molecule has 0 aliphatic carbocycles. The molecule has 0 aliphatic rings. The van der Waals surface area contributed by atoms with Gasteiger partial charge in [-0.2, -0.15) is 0 Å². The molecular weight excluding hydrogens is 239 g/mol. The van der Waals surface area contributed by atoms with Crippen molar-refractivity contribution in [3.63, 3.8) is 0 Å². The molecule has 0 aromatic heterocycles. The zero-order chi connectivity index (χ0) is 11.4. The molecule has 0 bridgehead atoms. The Kier molecular flexibility index (Phi) is 4.39. The Labute approximate surface area is 97.6 Å². The van der Waals surface area contributed by atoms with Crippen LogP contribution in [0.1, 0.15) is 5.56 Å². The highest BCUT2D eigenvalue weighted by atomic mass is 35.5. The smallest absolute Gasteiger partial charge is 0.333 e. The Bertz CT molecular complexity index is 366. The average Bonchev–Trinajstić information content (AvgIpc) is 2.19. The number of hydrogen-bond acceptors (Lipinski definition) is 2. The van der Waals surface area contributed by atoms with Crippen LogP contribution in [0.2, 0.25) is 10.0 Å². The Morgan fingerprint density at radius 2 is 2.13 bits per heavy atom. The molecule has 1 atom stereocenters. The zero-order valence-electron chi connectivity index (χ0n) is 8.04. The Morgan fingerprint density at radius 3 is 2.60 bits per heavy atom. The number of carboxylic acids is 1. The van der Waals surface area contributed by atoms with Crippen LogP contribution in [0, 0.1) is 0 Å². The summed E-state index contributed by atoms with van der Waals surface area (Å²) in [5, 5.41) is 9.63. The van der Waals surface area contributed by atoms with E-state index in [2.05, 4.69) is 0 Å². The molecule has 0 fully saturated rings. The van der Waals surface area contributed by atoms with Crippen LogP contribution >= 0.6 is 23.2 Å². The quantitative estimate of drug-likeness (QED) is 0.892. The lowest BCUT2D eigenvalue weighted by atomic mass is 10.1. The predicted octanol–water partition coefficient (Wildman–Crippen LogP) is 2.64. The maximum Gasteiger partial charge on any atom is 0.333 e. The lowest BCUT2D eigenvalue weighted by Gasteiger charge is -2.10. The summed E-state index contributed by atoms with van der Waals surface area (Å²) in [4.78, 5) is 10.7. The molecule has 5 heteroatoms. The third-order valence-electron chi connectivity index (χ3n) is 1.97. The van der Waals surface area contributed by atoms with Gasteiger partial charge < -0.3 is 9.84 Å². The normalized spacial score (nSPS) is 12.5. The highest BCUT2D eigenvalue weighted by molar-refractivity contribution is 6.42. The summed E-state index contributed by atoms with van der Waals surface area (Å²) >= 11 is 11.5. The highest BCUT2D eigenvalue weighted by Gasteiger charge is 2.17. The van der Waals surface area contributed by atoms with Gasteiger partial charge in [-0.1, -0.05) is 29.3 Å². The van der Waals surface area contributed by atoms with E-state index >= 15 is 0 Å². The second kappa shape index (κ2) is 5.35. The minimum atomic E-state index is -0.997. The SMILES string of the molecule is CO[C@@H](Cc1ccc(Cl)c(Cl)c1)C(=O)O. The molecule has 1 aromatic rings. The van der Waals surface area contributed by atoms with Gasteiger partial charge in [0.05, 0.1) is 10.0 Å². The van der Waals surface area contributed by atoms with Gasteiger partial charge in [-0.25, -0.2) is 4.79 Å². The van der Waals surface area contributed by atoms with Gasteiger partial charge in [-0.15, -0.1) is 0 Å². The second-order valence-electron chi connectivity index (χ2n) is 3.02. The maximum absolute atomic E-state index is 10.7. The first kappa shape index (κ1) is 12.3. The molecule has 1 N–H and O–H groups in total. The molecule has 82 valence electrons. The molecule has 15 heavy (non-hydrogen) atoms. The summed E-state index contributed by atoms with van der Waals surface area (Å²) in [5.74, 6) is -0.997. The molecule has 0 saturated heterocycles. The number of hydrogen-bond donors (Lipinski definition) is 1. The lowest BCUT2D eigenvalue weighted by molar-refractivity contribution is -0.148. The number of halogens is 2. The van der Waals surface area contributed by atoms with Crippen LogP contribution < -0.4 is 0 Å². The molecule has 0 aliphatic heterocycles. The molecule has 0 heterocycles. The van der Waals surface area contributed by atoms with Crippen LogP contribution in [0.3, 0.4) is 0 Å². The van der Waals surface area contributed by atoms with Crippen molar-refractivity contribution >= 4 is 29.2 Å². The van der Waals surface area contributed by atoms with Crippen molar-refractivity contribution in [2.75, 3.05) is 7.11 Å². The van der Waals surface area contributed by atoms with Crippen molar-refractivity contribution < 1.29 is 14.6 Å². The summed E-state index contributed by atoms with van der Waals surface area (Å²) in [6.45, 7) is 0. The predicted molar refractivity (Wildman–Crippen MR) is 58.6 cm³/mol. The highest BCUT2D eigenvalue weighted by Crippen LogP contribution is 2.23. The molecule has 0 amide bonds. The fourth-order valence-electron chi connectivity index (χ4n) is 1.15. The van der Waals surface area contributed by atoms with Crippen molar-refractivity contribution in [2.24, 2.45) is 0 Å². The summed E-state index contributed by atoms with van der Waals surface area (Å²) in [6, 6.07) is 5.00. The number of rotatable bonds is 4. The van der Waals surface area contributed by atoms with E-state index in [1.165, 1.54) is 7.11 Å². The zero-order valence-corrected chi connectivity index (χ0v) is 9.55. The fraction of sp³-hybridized carbons (Fsp3) is 0.300. The largest absolute Gasteiger partial charge is 0.479 e. The van der Waals surface area contributed by atoms with E-state index in [0.717, 1.165) is 5.56 Å². The maximum atomic E-state index is 10.7. The van der Waals surface area contributed by atoms with Crippen molar-refractivity contribution in [3.05, 3.63) is 33.8 Å². The van der Waals surface area contributed by atoms with Gasteiger partial charge in [0.25, 0.3) is 0 Å². The minimum Gasteiger partial charge on any atom is -0.479 e. The van der Waals surface area contributed by atoms with Gasteiger partial charge in [-0.05, 0) is 17.7 Å². The van der Waals surface area contributed by atoms with Gasteiger partial charge in [-0.3, -0.25) is 0 Å².